The lowest BCUT2D eigenvalue weighted by Crippen LogP contribution is -2.42. The lowest BCUT2D eigenvalue weighted by atomic mass is 10.1. The molecule has 0 spiro atoms. The van der Waals surface area contributed by atoms with E-state index in [-0.39, 0.29) is 40.5 Å². The van der Waals surface area contributed by atoms with Crippen LogP contribution in [0.2, 0.25) is 0 Å². The van der Waals surface area contributed by atoms with Gasteiger partial charge in [0.25, 0.3) is 11.8 Å². The fraction of sp³-hybridized carbons (Fsp3) is 0.476. The van der Waals surface area contributed by atoms with Crippen LogP contribution in [0.4, 0.5) is 5.13 Å². The number of rotatable bonds is 10. The second-order valence-corrected chi connectivity index (χ2v) is 8.26. The van der Waals surface area contributed by atoms with Gasteiger partial charge in [0.15, 0.2) is 16.6 Å². The molecule has 2 amide bonds. The van der Waals surface area contributed by atoms with Gasteiger partial charge >= 0.3 is 0 Å². The number of ether oxygens (including phenoxy) is 2. The quantitative estimate of drug-likeness (QED) is 0.471. The molecule has 2 rings (SSSR count). The Balaban J connectivity index is 0.00000512. The molecule has 1 aromatic carbocycles. The predicted molar refractivity (Wildman–Crippen MR) is 128 cm³/mol. The maximum absolute atomic E-state index is 12.5. The summed E-state index contributed by atoms with van der Waals surface area (Å²) in [4.78, 5) is 31.4. The zero-order valence-electron chi connectivity index (χ0n) is 19.1. The van der Waals surface area contributed by atoms with Gasteiger partial charge in [-0.15, -0.1) is 23.7 Å². The van der Waals surface area contributed by atoms with Crippen LogP contribution in [0.15, 0.2) is 17.5 Å². The van der Waals surface area contributed by atoms with E-state index in [0.717, 1.165) is 17.9 Å². The number of phenolic OH excluding ortho intramolecular Hbond substituents is 1. The molecule has 11 heteroatoms. The molecule has 0 saturated heterocycles. The third kappa shape index (κ3) is 6.98. The Kier molecular flexibility index (Phi) is 10.7. The summed E-state index contributed by atoms with van der Waals surface area (Å²) in [5, 5.41) is 17.4. The van der Waals surface area contributed by atoms with Crippen LogP contribution < -0.4 is 20.1 Å². The first kappa shape index (κ1) is 27.5. The zero-order chi connectivity index (χ0) is 23.1. The number of anilines is 1. The summed E-state index contributed by atoms with van der Waals surface area (Å²) < 4.78 is 10.3. The molecule has 0 aliphatic heterocycles. The number of phenols is 1. The Hall–Kier alpha value is -2.56. The Morgan fingerprint density at radius 2 is 1.69 bits per heavy atom. The first-order valence-electron chi connectivity index (χ1n) is 9.93. The van der Waals surface area contributed by atoms with Gasteiger partial charge in [-0.2, -0.15) is 0 Å². The minimum absolute atomic E-state index is 0. The monoisotopic (exact) mass is 486 g/mol. The number of hydrogen-bond acceptors (Lipinski definition) is 8. The molecule has 3 N–H and O–H groups in total. The van der Waals surface area contributed by atoms with E-state index in [1.54, 1.807) is 5.38 Å². The van der Waals surface area contributed by atoms with Gasteiger partial charge in [-0.3, -0.25) is 19.8 Å². The topological polar surface area (TPSA) is 113 Å². The minimum Gasteiger partial charge on any atom is -0.507 e. The third-order valence-electron chi connectivity index (χ3n) is 4.69. The van der Waals surface area contributed by atoms with Crippen LogP contribution in [-0.4, -0.2) is 66.2 Å². The van der Waals surface area contributed by atoms with Crippen LogP contribution >= 0.6 is 23.7 Å². The van der Waals surface area contributed by atoms with Crippen molar-refractivity contribution in [1.29, 1.82) is 0 Å². The molecule has 0 bridgehead atoms. The highest BCUT2D eigenvalue weighted by Crippen LogP contribution is 2.34. The number of nitrogens with zero attached hydrogens (tertiary/aromatic N) is 2. The number of aromatic hydroxyl groups is 1. The van der Waals surface area contributed by atoms with E-state index in [1.165, 1.54) is 26.4 Å². The van der Waals surface area contributed by atoms with Gasteiger partial charge in [0, 0.05) is 42.7 Å². The average Bonchev–Trinajstić information content (AvgIpc) is 3.18. The van der Waals surface area contributed by atoms with Crippen molar-refractivity contribution in [2.75, 3.05) is 32.6 Å². The highest BCUT2D eigenvalue weighted by atomic mass is 35.5. The number of carbonyl (C=O) groups is 2. The summed E-state index contributed by atoms with van der Waals surface area (Å²) in [5.41, 5.74) is 0.221. The third-order valence-corrected chi connectivity index (χ3v) is 5.44. The fourth-order valence-electron chi connectivity index (χ4n) is 3.15. The van der Waals surface area contributed by atoms with Crippen molar-refractivity contribution in [3.8, 4) is 17.2 Å². The van der Waals surface area contributed by atoms with E-state index in [2.05, 4.69) is 48.2 Å². The molecule has 9 nitrogen and oxygen atoms in total. The van der Waals surface area contributed by atoms with E-state index in [4.69, 9.17) is 9.47 Å². The summed E-state index contributed by atoms with van der Waals surface area (Å²) in [7, 11) is 2.87. The minimum atomic E-state index is -0.579. The Morgan fingerprint density at radius 1 is 1.09 bits per heavy atom. The van der Waals surface area contributed by atoms with Gasteiger partial charge in [-0.1, -0.05) is 0 Å². The zero-order valence-corrected chi connectivity index (χ0v) is 20.7. The van der Waals surface area contributed by atoms with Crippen molar-refractivity contribution in [3.05, 3.63) is 28.8 Å². The highest BCUT2D eigenvalue weighted by molar-refractivity contribution is 7.14. The standard InChI is InChI=1S/C21H30N4O5S.ClH/c1-12(2)25(13(3)4)8-7-22-20(28)15-11-31-21(23-15)24-19(27)14-9-17(29-5)18(30-6)10-16(14)26;/h9-13,26H,7-8H2,1-6H3,(H,22,28)(H,23,24,27);1H. The van der Waals surface area contributed by atoms with E-state index in [1.807, 2.05) is 0 Å². The van der Waals surface area contributed by atoms with Crippen molar-refractivity contribution < 1.29 is 24.2 Å². The largest absolute Gasteiger partial charge is 0.507 e. The Morgan fingerprint density at radius 3 is 2.25 bits per heavy atom. The molecule has 0 unspecified atom stereocenters. The Bertz CT molecular complexity index is 912. The maximum Gasteiger partial charge on any atom is 0.270 e. The predicted octanol–water partition coefficient (Wildman–Crippen LogP) is 3.39. The van der Waals surface area contributed by atoms with Crippen molar-refractivity contribution in [3.63, 3.8) is 0 Å². The number of halogens is 1. The van der Waals surface area contributed by atoms with E-state index >= 15 is 0 Å². The smallest absolute Gasteiger partial charge is 0.270 e. The number of benzene rings is 1. The van der Waals surface area contributed by atoms with Crippen LogP contribution in [0.1, 0.15) is 48.5 Å². The van der Waals surface area contributed by atoms with Gasteiger partial charge in [-0.05, 0) is 27.7 Å². The van der Waals surface area contributed by atoms with Crippen LogP contribution in [0.25, 0.3) is 0 Å². The summed E-state index contributed by atoms with van der Waals surface area (Å²) in [6, 6.07) is 3.43. The highest BCUT2D eigenvalue weighted by Gasteiger charge is 2.19. The van der Waals surface area contributed by atoms with Crippen molar-refractivity contribution in [1.82, 2.24) is 15.2 Å². The number of carbonyl (C=O) groups excluding carboxylic acids is 2. The Labute approximate surface area is 198 Å². The van der Waals surface area contributed by atoms with Gasteiger partial charge in [0.2, 0.25) is 0 Å². The lowest BCUT2D eigenvalue weighted by Gasteiger charge is -2.30. The van der Waals surface area contributed by atoms with Crippen molar-refractivity contribution >= 4 is 40.7 Å². The number of methoxy groups -OCH3 is 2. The van der Waals surface area contributed by atoms with E-state index in [9.17, 15) is 14.7 Å². The van der Waals surface area contributed by atoms with Crippen LogP contribution in [-0.2, 0) is 0 Å². The molecule has 0 aliphatic carbocycles. The first-order valence-corrected chi connectivity index (χ1v) is 10.8. The van der Waals surface area contributed by atoms with Crippen LogP contribution in [0, 0.1) is 0 Å². The lowest BCUT2D eigenvalue weighted by molar-refractivity contribution is 0.0934. The summed E-state index contributed by atoms with van der Waals surface area (Å²) >= 11 is 1.12. The molecular weight excluding hydrogens is 456 g/mol. The van der Waals surface area contributed by atoms with Gasteiger partial charge in [-0.25, -0.2) is 4.98 Å². The maximum atomic E-state index is 12.5. The molecule has 1 aromatic heterocycles. The molecule has 2 aromatic rings. The van der Waals surface area contributed by atoms with E-state index in [0.29, 0.717) is 30.1 Å². The molecule has 0 saturated carbocycles. The molecule has 0 atom stereocenters. The molecule has 0 radical (unpaired) electrons. The number of thiazole rings is 1. The molecule has 32 heavy (non-hydrogen) atoms. The van der Waals surface area contributed by atoms with Crippen LogP contribution in [0.3, 0.4) is 0 Å². The summed E-state index contributed by atoms with van der Waals surface area (Å²) in [6.45, 7) is 9.70. The van der Waals surface area contributed by atoms with Crippen LogP contribution in [0.5, 0.6) is 17.2 Å². The van der Waals surface area contributed by atoms with E-state index < -0.39 is 5.91 Å². The molecular formula is C21H31ClN4O5S. The fourth-order valence-corrected chi connectivity index (χ4v) is 3.84. The van der Waals surface area contributed by atoms with Crippen molar-refractivity contribution in [2.24, 2.45) is 0 Å². The second kappa shape index (κ2) is 12.5. The van der Waals surface area contributed by atoms with Gasteiger partial charge in [0.1, 0.15) is 11.4 Å². The first-order chi connectivity index (χ1) is 14.7. The number of nitrogens with one attached hydrogen (secondary N) is 2. The molecule has 178 valence electrons. The number of aromatic nitrogens is 1. The number of amides is 2. The van der Waals surface area contributed by atoms with Gasteiger partial charge in [0.05, 0.1) is 19.8 Å². The van der Waals surface area contributed by atoms with Gasteiger partial charge < -0.3 is 19.9 Å². The summed E-state index contributed by atoms with van der Waals surface area (Å²) in [5.74, 6) is -0.535. The summed E-state index contributed by atoms with van der Waals surface area (Å²) in [6.07, 6.45) is 0. The SMILES string of the molecule is COc1cc(O)c(C(=O)Nc2nc(C(=O)NCCN(C(C)C)C(C)C)cs2)cc1OC.Cl. The molecule has 0 fully saturated rings. The second-order valence-electron chi connectivity index (χ2n) is 7.40. The molecule has 1 heterocycles. The molecule has 0 aliphatic rings. The normalized spacial score (nSPS) is 10.8. The van der Waals surface area contributed by atoms with Crippen molar-refractivity contribution in [2.45, 2.75) is 39.8 Å². The number of hydrogen-bond donors (Lipinski definition) is 3. The average molecular weight is 487 g/mol.